The second-order valence-corrected chi connectivity index (χ2v) is 4.27. The summed E-state index contributed by atoms with van der Waals surface area (Å²) in [6, 6.07) is 0.0842. The van der Waals surface area contributed by atoms with E-state index in [1.807, 2.05) is 20.8 Å². The molecule has 2 nitrogen and oxygen atoms in total. The highest BCUT2D eigenvalue weighted by atomic mass is 32.1. The van der Waals surface area contributed by atoms with E-state index in [-0.39, 0.29) is 23.1 Å². The van der Waals surface area contributed by atoms with Gasteiger partial charge in [-0.2, -0.15) is 12.6 Å². The topological polar surface area (TPSA) is 29.1 Å². The number of hydrogen-bond donors (Lipinski definition) is 2. The first-order valence-electron chi connectivity index (χ1n) is 4.94. The van der Waals surface area contributed by atoms with Crippen LogP contribution in [0.1, 0.15) is 33.6 Å². The van der Waals surface area contributed by atoms with Crippen molar-refractivity contribution in [3.63, 3.8) is 0 Å². The molecular formula is C11H19NOS. The monoisotopic (exact) mass is 213 g/mol. The molecule has 0 aromatic heterocycles. The van der Waals surface area contributed by atoms with Crippen molar-refractivity contribution in [3.05, 3.63) is 0 Å². The van der Waals surface area contributed by atoms with Crippen molar-refractivity contribution >= 4 is 18.5 Å². The number of carbonyl (C=O) groups is 1. The summed E-state index contributed by atoms with van der Waals surface area (Å²) in [5.74, 6) is 2.77. The molecule has 0 aliphatic rings. The van der Waals surface area contributed by atoms with Crippen molar-refractivity contribution in [2.24, 2.45) is 5.92 Å². The fraction of sp³-hybridized carbons (Fsp3) is 0.727. The predicted molar refractivity (Wildman–Crippen MR) is 63.3 cm³/mol. The Morgan fingerprint density at radius 3 is 2.50 bits per heavy atom. The summed E-state index contributed by atoms with van der Waals surface area (Å²) in [5, 5.41) is 2.64. The minimum absolute atomic E-state index is 0.0227. The third kappa shape index (κ3) is 4.57. The molecule has 80 valence electrons. The molecule has 0 saturated heterocycles. The fourth-order valence-corrected chi connectivity index (χ4v) is 1.10. The zero-order chi connectivity index (χ0) is 11.1. The van der Waals surface area contributed by atoms with Gasteiger partial charge in [0.05, 0.1) is 5.25 Å². The van der Waals surface area contributed by atoms with Gasteiger partial charge in [0.25, 0.3) is 0 Å². The van der Waals surface area contributed by atoms with E-state index in [2.05, 4.69) is 23.9 Å². The van der Waals surface area contributed by atoms with Crippen molar-refractivity contribution < 1.29 is 4.79 Å². The highest BCUT2D eigenvalue weighted by molar-refractivity contribution is 7.81. The number of thiol groups is 1. The van der Waals surface area contributed by atoms with Gasteiger partial charge in [-0.15, -0.1) is 12.3 Å². The first-order chi connectivity index (χ1) is 6.52. The number of nitrogens with one attached hydrogen (secondary N) is 1. The Morgan fingerprint density at radius 2 is 2.14 bits per heavy atom. The average Bonchev–Trinajstić information content (AvgIpc) is 2.15. The lowest BCUT2D eigenvalue weighted by molar-refractivity contribution is -0.121. The van der Waals surface area contributed by atoms with Crippen molar-refractivity contribution in [2.75, 3.05) is 0 Å². The van der Waals surface area contributed by atoms with Crippen molar-refractivity contribution in [1.29, 1.82) is 0 Å². The van der Waals surface area contributed by atoms with Crippen LogP contribution in [0.4, 0.5) is 0 Å². The summed E-state index contributed by atoms with van der Waals surface area (Å²) >= 11 is 4.24. The predicted octanol–water partition coefficient (Wildman–Crippen LogP) is 1.86. The van der Waals surface area contributed by atoms with Crippen molar-refractivity contribution in [3.8, 4) is 12.3 Å². The van der Waals surface area contributed by atoms with Gasteiger partial charge in [0, 0.05) is 12.5 Å². The van der Waals surface area contributed by atoms with Gasteiger partial charge < -0.3 is 5.32 Å². The number of hydrogen-bond acceptors (Lipinski definition) is 2. The molecule has 2 unspecified atom stereocenters. The van der Waals surface area contributed by atoms with E-state index in [9.17, 15) is 4.79 Å². The highest BCUT2D eigenvalue weighted by Crippen LogP contribution is 2.09. The Bertz CT molecular complexity index is 220. The van der Waals surface area contributed by atoms with Crippen LogP contribution in [0.3, 0.4) is 0 Å². The summed E-state index contributed by atoms with van der Waals surface area (Å²) in [6.07, 6.45) is 6.64. The van der Waals surface area contributed by atoms with E-state index in [0.29, 0.717) is 6.42 Å². The molecule has 0 saturated carbocycles. The van der Waals surface area contributed by atoms with Gasteiger partial charge in [0.1, 0.15) is 0 Å². The summed E-state index contributed by atoms with van der Waals surface area (Å²) < 4.78 is 0. The third-order valence-electron chi connectivity index (χ3n) is 2.10. The lowest BCUT2D eigenvalue weighted by atomic mass is 10.1. The maximum Gasteiger partial charge on any atom is 0.233 e. The van der Waals surface area contributed by atoms with Crippen LogP contribution in [0.5, 0.6) is 0 Å². The van der Waals surface area contributed by atoms with E-state index >= 15 is 0 Å². The second-order valence-electron chi connectivity index (χ2n) is 3.71. The second kappa shape index (κ2) is 6.78. The van der Waals surface area contributed by atoms with Crippen LogP contribution in [-0.4, -0.2) is 17.2 Å². The molecule has 1 N–H and O–H groups in total. The van der Waals surface area contributed by atoms with Crippen LogP contribution < -0.4 is 5.32 Å². The van der Waals surface area contributed by atoms with Crippen LogP contribution >= 0.6 is 12.6 Å². The molecule has 3 heteroatoms. The van der Waals surface area contributed by atoms with Crippen LogP contribution in [0.2, 0.25) is 0 Å². The van der Waals surface area contributed by atoms with Gasteiger partial charge in [0.15, 0.2) is 0 Å². The summed E-state index contributed by atoms with van der Waals surface area (Å²) in [4.78, 5) is 11.6. The maximum absolute atomic E-state index is 11.6. The van der Waals surface area contributed by atoms with Gasteiger partial charge in [-0.25, -0.2) is 0 Å². The van der Waals surface area contributed by atoms with E-state index < -0.39 is 0 Å². The Morgan fingerprint density at radius 1 is 1.57 bits per heavy atom. The third-order valence-corrected chi connectivity index (χ3v) is 2.93. The molecule has 14 heavy (non-hydrogen) atoms. The molecule has 0 heterocycles. The largest absolute Gasteiger partial charge is 0.351 e. The molecule has 2 atom stereocenters. The minimum Gasteiger partial charge on any atom is -0.351 e. The maximum atomic E-state index is 11.6. The Labute approximate surface area is 92.3 Å². The molecule has 0 aromatic carbocycles. The zero-order valence-electron chi connectivity index (χ0n) is 9.08. The van der Waals surface area contributed by atoms with E-state index in [4.69, 9.17) is 6.42 Å². The van der Waals surface area contributed by atoms with Gasteiger partial charge in [-0.05, 0) is 12.3 Å². The number of carbonyl (C=O) groups excluding carboxylic acids is 1. The van der Waals surface area contributed by atoms with E-state index in [0.717, 1.165) is 6.42 Å². The number of rotatable bonds is 5. The van der Waals surface area contributed by atoms with Gasteiger partial charge >= 0.3 is 0 Å². The molecular weight excluding hydrogens is 194 g/mol. The van der Waals surface area contributed by atoms with Crippen LogP contribution in [0, 0.1) is 18.3 Å². The SMILES string of the molecule is C#CCC(CC)NC(=O)C(S)C(C)C. The highest BCUT2D eigenvalue weighted by Gasteiger charge is 2.19. The smallest absolute Gasteiger partial charge is 0.233 e. The summed E-state index contributed by atoms with van der Waals surface area (Å²) in [7, 11) is 0. The molecule has 0 bridgehead atoms. The molecule has 0 aromatic rings. The van der Waals surface area contributed by atoms with Gasteiger partial charge in [0.2, 0.25) is 5.91 Å². The molecule has 0 aliphatic carbocycles. The normalized spacial score (nSPS) is 14.6. The summed E-state index contributed by atoms with van der Waals surface area (Å²) in [6.45, 7) is 5.95. The number of terminal acetylenes is 1. The quantitative estimate of drug-likeness (QED) is 0.530. The average molecular weight is 213 g/mol. The zero-order valence-corrected chi connectivity index (χ0v) is 9.97. The van der Waals surface area contributed by atoms with Crippen LogP contribution in [0.15, 0.2) is 0 Å². The minimum atomic E-state index is -0.248. The Kier molecular flexibility index (Phi) is 6.48. The molecule has 0 aliphatic heterocycles. The fourth-order valence-electron chi connectivity index (χ4n) is 1.03. The van der Waals surface area contributed by atoms with Gasteiger partial charge in [-0.3, -0.25) is 4.79 Å². The van der Waals surface area contributed by atoms with Crippen LogP contribution in [0.25, 0.3) is 0 Å². The van der Waals surface area contributed by atoms with E-state index in [1.165, 1.54) is 0 Å². The summed E-state index contributed by atoms with van der Waals surface area (Å²) in [5.41, 5.74) is 0. The lowest BCUT2D eigenvalue weighted by Crippen LogP contribution is -2.40. The first kappa shape index (κ1) is 13.4. The van der Waals surface area contributed by atoms with Gasteiger partial charge in [-0.1, -0.05) is 20.8 Å². The van der Waals surface area contributed by atoms with Crippen molar-refractivity contribution in [1.82, 2.24) is 5.32 Å². The van der Waals surface area contributed by atoms with Crippen LogP contribution in [-0.2, 0) is 4.79 Å². The Hall–Kier alpha value is -0.620. The Balaban J connectivity index is 4.09. The lowest BCUT2D eigenvalue weighted by Gasteiger charge is -2.19. The standard InChI is InChI=1S/C11H19NOS/c1-5-7-9(6-2)12-11(13)10(14)8(3)4/h1,8-10,14H,6-7H2,2-4H3,(H,12,13). The molecule has 0 radical (unpaired) electrons. The van der Waals surface area contributed by atoms with Crippen molar-refractivity contribution in [2.45, 2.75) is 44.9 Å². The molecule has 1 amide bonds. The molecule has 0 rings (SSSR count). The van der Waals surface area contributed by atoms with E-state index in [1.54, 1.807) is 0 Å². The molecule has 0 spiro atoms. The number of amides is 1. The first-order valence-corrected chi connectivity index (χ1v) is 5.46. The molecule has 0 fully saturated rings.